The molecule has 0 radical (unpaired) electrons. The fourth-order valence-electron chi connectivity index (χ4n) is 0.938. The van der Waals surface area contributed by atoms with Crippen LogP contribution in [0.5, 0.6) is 0 Å². The molecule has 0 bridgehead atoms. The Labute approximate surface area is 60.6 Å². The van der Waals surface area contributed by atoms with E-state index in [1.165, 1.54) is 6.92 Å². The molecule has 2 nitrogen and oxygen atoms in total. The fraction of sp³-hybridized carbons (Fsp3) is 1.00. The molecule has 1 aliphatic carbocycles. The second-order valence-corrected chi connectivity index (χ2v) is 4.72. The summed E-state index contributed by atoms with van der Waals surface area (Å²) in [4.78, 5) is 0. The van der Waals surface area contributed by atoms with E-state index < -0.39 is 15.5 Å². The Balaban J connectivity index is 2.40. The largest absolute Gasteiger partial charge is 0.305 e. The van der Waals surface area contributed by atoms with E-state index in [-0.39, 0.29) is 0 Å². The molecule has 0 saturated heterocycles. The topological polar surface area (TPSA) is 34.1 Å². The van der Waals surface area contributed by atoms with E-state index in [0.29, 0.717) is 12.3 Å². The SMILES string of the molecule is CC(CC1CC1)S(=O)(=O)F. The van der Waals surface area contributed by atoms with Crippen LogP contribution in [0.1, 0.15) is 26.2 Å². The molecular formula is C6H11FO2S. The first-order valence-electron chi connectivity index (χ1n) is 3.43. The van der Waals surface area contributed by atoms with Crippen molar-refractivity contribution in [3.05, 3.63) is 0 Å². The quantitative estimate of drug-likeness (QED) is 0.595. The second-order valence-electron chi connectivity index (χ2n) is 2.97. The molecule has 4 heteroatoms. The van der Waals surface area contributed by atoms with E-state index in [9.17, 15) is 12.3 Å². The van der Waals surface area contributed by atoms with Crippen molar-refractivity contribution in [2.75, 3.05) is 0 Å². The lowest BCUT2D eigenvalue weighted by Gasteiger charge is -2.02. The zero-order chi connectivity index (χ0) is 7.78. The van der Waals surface area contributed by atoms with Crippen LogP contribution in [0.25, 0.3) is 0 Å². The summed E-state index contributed by atoms with van der Waals surface area (Å²) in [7, 11) is -4.26. The van der Waals surface area contributed by atoms with E-state index in [1.807, 2.05) is 0 Å². The molecule has 1 fully saturated rings. The molecular weight excluding hydrogens is 155 g/mol. The maximum atomic E-state index is 12.1. The Hall–Kier alpha value is -0.120. The highest BCUT2D eigenvalue weighted by molar-refractivity contribution is 7.86. The van der Waals surface area contributed by atoms with Gasteiger partial charge in [-0.05, 0) is 19.3 Å². The first-order valence-corrected chi connectivity index (χ1v) is 4.88. The highest BCUT2D eigenvalue weighted by Gasteiger charge is 2.29. The van der Waals surface area contributed by atoms with Crippen LogP contribution in [0.2, 0.25) is 0 Å². The van der Waals surface area contributed by atoms with Gasteiger partial charge in [-0.15, -0.1) is 3.89 Å². The summed E-state index contributed by atoms with van der Waals surface area (Å²) in [5.74, 6) is 0.473. The lowest BCUT2D eigenvalue weighted by Crippen LogP contribution is -2.12. The lowest BCUT2D eigenvalue weighted by atomic mass is 10.2. The number of hydrogen-bond donors (Lipinski definition) is 0. The monoisotopic (exact) mass is 166 g/mol. The van der Waals surface area contributed by atoms with Crippen molar-refractivity contribution in [2.45, 2.75) is 31.4 Å². The third kappa shape index (κ3) is 2.25. The van der Waals surface area contributed by atoms with Crippen LogP contribution in [0.15, 0.2) is 0 Å². The van der Waals surface area contributed by atoms with Crippen molar-refractivity contribution in [1.82, 2.24) is 0 Å². The second kappa shape index (κ2) is 2.49. The summed E-state index contributed by atoms with van der Waals surface area (Å²) in [5.41, 5.74) is 0. The minimum absolute atomic E-state index is 0.473. The van der Waals surface area contributed by atoms with E-state index >= 15 is 0 Å². The molecule has 10 heavy (non-hydrogen) atoms. The maximum Gasteiger partial charge on any atom is 0.305 e. The van der Waals surface area contributed by atoms with Crippen molar-refractivity contribution >= 4 is 10.2 Å². The zero-order valence-corrected chi connectivity index (χ0v) is 6.70. The normalized spacial score (nSPS) is 22.6. The van der Waals surface area contributed by atoms with Crippen molar-refractivity contribution in [1.29, 1.82) is 0 Å². The molecule has 1 saturated carbocycles. The summed E-state index contributed by atoms with van der Waals surface area (Å²) in [5, 5.41) is -0.792. The van der Waals surface area contributed by atoms with Gasteiger partial charge >= 0.3 is 10.2 Å². The standard InChI is InChI=1S/C6H11FO2S/c1-5(10(7,8)9)4-6-2-3-6/h5-6H,2-4H2,1H3. The molecule has 0 heterocycles. The summed E-state index contributed by atoms with van der Waals surface area (Å²) in [6.07, 6.45) is 2.64. The predicted molar refractivity (Wildman–Crippen MR) is 36.8 cm³/mol. The Bertz CT molecular complexity index is 206. The Kier molecular flexibility index (Phi) is 1.99. The summed E-state index contributed by atoms with van der Waals surface area (Å²) >= 11 is 0. The Morgan fingerprint density at radius 2 is 2.10 bits per heavy atom. The van der Waals surface area contributed by atoms with Crippen molar-refractivity contribution in [3.63, 3.8) is 0 Å². The van der Waals surface area contributed by atoms with Crippen LogP contribution in [0.4, 0.5) is 3.89 Å². The predicted octanol–water partition coefficient (Wildman–Crippen LogP) is 1.47. The summed E-state index contributed by atoms with van der Waals surface area (Å²) in [6.45, 7) is 1.42. The van der Waals surface area contributed by atoms with E-state index in [1.54, 1.807) is 0 Å². The fourth-order valence-corrected chi connectivity index (χ4v) is 1.44. The van der Waals surface area contributed by atoms with Gasteiger partial charge in [-0.3, -0.25) is 0 Å². The van der Waals surface area contributed by atoms with Gasteiger partial charge < -0.3 is 0 Å². The van der Waals surface area contributed by atoms with Crippen LogP contribution < -0.4 is 0 Å². The van der Waals surface area contributed by atoms with Crippen LogP contribution >= 0.6 is 0 Å². The first-order chi connectivity index (χ1) is 4.50. The first kappa shape index (κ1) is 7.98. The third-order valence-electron chi connectivity index (χ3n) is 1.84. The van der Waals surface area contributed by atoms with Crippen LogP contribution in [0, 0.1) is 5.92 Å². The molecule has 1 rings (SSSR count). The molecule has 60 valence electrons. The molecule has 1 unspecified atom stereocenters. The number of halogens is 1. The minimum atomic E-state index is -4.26. The van der Waals surface area contributed by atoms with Gasteiger partial charge in [-0.25, -0.2) is 0 Å². The Morgan fingerprint density at radius 1 is 1.60 bits per heavy atom. The van der Waals surface area contributed by atoms with Crippen LogP contribution in [-0.4, -0.2) is 13.7 Å². The lowest BCUT2D eigenvalue weighted by molar-refractivity contribution is 0.526. The molecule has 0 N–H and O–H groups in total. The smallest absolute Gasteiger partial charge is 0.195 e. The van der Waals surface area contributed by atoms with Gasteiger partial charge in [0.1, 0.15) is 0 Å². The van der Waals surface area contributed by atoms with Crippen molar-refractivity contribution in [2.24, 2.45) is 5.92 Å². The van der Waals surface area contributed by atoms with Gasteiger partial charge in [-0.1, -0.05) is 12.8 Å². The molecule has 0 aromatic carbocycles. The van der Waals surface area contributed by atoms with E-state index in [0.717, 1.165) is 12.8 Å². The average Bonchev–Trinajstić information content (AvgIpc) is 2.47. The van der Waals surface area contributed by atoms with E-state index in [2.05, 4.69) is 0 Å². The molecule has 0 amide bonds. The van der Waals surface area contributed by atoms with Gasteiger partial charge in [0, 0.05) is 0 Å². The van der Waals surface area contributed by atoms with Crippen LogP contribution in [-0.2, 0) is 10.2 Å². The number of hydrogen-bond acceptors (Lipinski definition) is 2. The van der Waals surface area contributed by atoms with Gasteiger partial charge in [0.05, 0.1) is 5.25 Å². The minimum Gasteiger partial charge on any atom is -0.195 e. The zero-order valence-electron chi connectivity index (χ0n) is 5.88. The molecule has 0 aromatic heterocycles. The van der Waals surface area contributed by atoms with Crippen molar-refractivity contribution < 1.29 is 12.3 Å². The summed E-state index contributed by atoms with van der Waals surface area (Å²) < 4.78 is 32.6. The Morgan fingerprint density at radius 3 is 2.40 bits per heavy atom. The highest BCUT2D eigenvalue weighted by Crippen LogP contribution is 2.35. The molecule has 0 aliphatic heterocycles. The average molecular weight is 166 g/mol. The van der Waals surface area contributed by atoms with Gasteiger partial charge in [0.15, 0.2) is 0 Å². The third-order valence-corrected chi connectivity index (χ3v) is 3.00. The molecule has 0 aromatic rings. The molecule has 1 atom stereocenters. The molecule has 0 spiro atoms. The highest BCUT2D eigenvalue weighted by atomic mass is 32.3. The molecule has 1 aliphatic rings. The van der Waals surface area contributed by atoms with Crippen LogP contribution in [0.3, 0.4) is 0 Å². The maximum absolute atomic E-state index is 12.1. The summed E-state index contributed by atoms with van der Waals surface area (Å²) in [6, 6.07) is 0. The van der Waals surface area contributed by atoms with Crippen molar-refractivity contribution in [3.8, 4) is 0 Å². The van der Waals surface area contributed by atoms with Gasteiger partial charge in [-0.2, -0.15) is 8.42 Å². The number of rotatable bonds is 3. The van der Waals surface area contributed by atoms with Gasteiger partial charge in [0.25, 0.3) is 0 Å². The van der Waals surface area contributed by atoms with E-state index in [4.69, 9.17) is 0 Å². The van der Waals surface area contributed by atoms with Gasteiger partial charge in [0.2, 0.25) is 0 Å².